The van der Waals surface area contributed by atoms with Gasteiger partial charge in [0.1, 0.15) is 6.10 Å². The third-order valence-corrected chi connectivity index (χ3v) is 4.64. The molecule has 0 aliphatic carbocycles. The molecule has 1 aromatic carbocycles. The highest BCUT2D eigenvalue weighted by Gasteiger charge is 2.29. The van der Waals surface area contributed by atoms with E-state index in [1.807, 2.05) is 33.9 Å². The van der Waals surface area contributed by atoms with Crippen LogP contribution in [0.4, 0.5) is 8.78 Å². The largest absolute Gasteiger partial charge is 0.367 e. The van der Waals surface area contributed by atoms with Gasteiger partial charge in [0.2, 0.25) is 0 Å². The van der Waals surface area contributed by atoms with Crippen LogP contribution in [-0.2, 0) is 4.74 Å². The molecule has 1 aromatic rings. The van der Waals surface area contributed by atoms with Crippen LogP contribution in [0.15, 0.2) is 58.8 Å². The SMILES string of the molecule is C=C(C)C(/C=C\CCC)=C(/C)N=CC.CC(C)(O)O.CC1CCC(C(=O)c2ccc(F)c(F)c2)O1.CCC. The average Bonchev–Trinajstić information content (AvgIpc) is 3.24. The Hall–Kier alpha value is -2.48. The van der Waals surface area contributed by atoms with Crippen molar-refractivity contribution < 1.29 is 28.5 Å². The standard InChI is InChI=1S/C13H21N.C12H12F2O2.C3H8O2.C3H8/c1-6-8-9-10-13(11(3)4)12(5)14-7-2;1-7-2-5-11(16-7)12(15)8-3-4-9(13)10(14)6-8;1-3(2,4)5;1-3-2/h7,9-10H,3,6,8H2,1-2,4-5H3;3-4,6-7,11H,2,5H2,1H3;4-5H,1-2H3;3H2,1-2H3/b10-9-,13-12-,14-7?;;;. The van der Waals surface area contributed by atoms with Crippen LogP contribution in [0.25, 0.3) is 0 Å². The maximum absolute atomic E-state index is 12.9. The van der Waals surface area contributed by atoms with E-state index >= 15 is 0 Å². The van der Waals surface area contributed by atoms with Crippen LogP contribution in [-0.4, -0.2) is 40.2 Å². The lowest BCUT2D eigenvalue weighted by molar-refractivity contribution is -0.127. The summed E-state index contributed by atoms with van der Waals surface area (Å²) < 4.78 is 31.0. The summed E-state index contributed by atoms with van der Waals surface area (Å²) in [6.45, 7) is 20.8. The van der Waals surface area contributed by atoms with Crippen LogP contribution in [0, 0.1) is 11.6 Å². The van der Waals surface area contributed by atoms with Gasteiger partial charge in [-0.15, -0.1) is 0 Å². The number of carbonyl (C=O) groups is 1. The van der Waals surface area contributed by atoms with Gasteiger partial charge in [0.15, 0.2) is 23.2 Å². The summed E-state index contributed by atoms with van der Waals surface area (Å²) >= 11 is 0. The first kappa shape index (κ1) is 37.7. The van der Waals surface area contributed by atoms with Gasteiger partial charge in [0.25, 0.3) is 0 Å². The van der Waals surface area contributed by atoms with Gasteiger partial charge in [-0.25, -0.2) is 8.78 Å². The van der Waals surface area contributed by atoms with Crippen molar-refractivity contribution >= 4 is 12.0 Å². The average molecular weight is 538 g/mol. The second-order valence-electron chi connectivity index (χ2n) is 9.57. The molecule has 2 atom stereocenters. The number of Topliss-reactive ketones (excluding diaryl/α,β-unsaturated/α-hetero) is 1. The van der Waals surface area contributed by atoms with E-state index < -0.39 is 23.5 Å². The van der Waals surface area contributed by atoms with E-state index in [0.29, 0.717) is 6.42 Å². The molecule has 0 spiro atoms. The Bertz CT molecular complexity index is 924. The molecule has 7 heteroatoms. The fraction of sp³-hybridized carbons (Fsp3) is 0.548. The van der Waals surface area contributed by atoms with E-state index in [9.17, 15) is 13.6 Å². The Morgan fingerprint density at radius 1 is 1.16 bits per heavy atom. The highest BCUT2D eigenvalue weighted by atomic mass is 19.2. The molecule has 1 saturated heterocycles. The van der Waals surface area contributed by atoms with Gasteiger partial charge in [0, 0.05) is 17.5 Å². The molecule has 0 radical (unpaired) electrons. The molecule has 1 fully saturated rings. The predicted octanol–water partition coefficient (Wildman–Crippen LogP) is 8.12. The number of hydrogen-bond donors (Lipinski definition) is 2. The maximum Gasteiger partial charge on any atom is 0.191 e. The third kappa shape index (κ3) is 18.7. The lowest BCUT2D eigenvalue weighted by atomic mass is 10.0. The fourth-order valence-electron chi connectivity index (χ4n) is 3.03. The molecule has 1 aliphatic heterocycles. The number of aliphatic hydroxyl groups is 2. The Kier molecular flexibility index (Phi) is 20.3. The highest BCUT2D eigenvalue weighted by molar-refractivity contribution is 5.99. The number of ether oxygens (including phenoxy) is 1. The van der Waals surface area contributed by atoms with Crippen LogP contribution in [0.1, 0.15) is 105 Å². The number of allylic oxidation sites excluding steroid dienone is 5. The molecule has 0 bridgehead atoms. The number of nitrogens with zero attached hydrogens (tertiary/aromatic N) is 1. The number of benzene rings is 1. The molecule has 0 saturated carbocycles. The molecular formula is C31H49F2NO4. The monoisotopic (exact) mass is 537 g/mol. The van der Waals surface area contributed by atoms with Crippen LogP contribution >= 0.6 is 0 Å². The highest BCUT2D eigenvalue weighted by Crippen LogP contribution is 2.23. The minimum absolute atomic E-state index is 0.0549. The van der Waals surface area contributed by atoms with E-state index in [-0.39, 0.29) is 17.5 Å². The van der Waals surface area contributed by atoms with Gasteiger partial charge in [-0.1, -0.05) is 52.3 Å². The van der Waals surface area contributed by atoms with Gasteiger partial charge in [0.05, 0.1) is 6.10 Å². The zero-order valence-corrected chi connectivity index (χ0v) is 24.8. The van der Waals surface area contributed by atoms with Crippen molar-refractivity contribution in [2.45, 2.75) is 112 Å². The van der Waals surface area contributed by atoms with E-state index in [1.165, 1.54) is 32.8 Å². The summed E-state index contributed by atoms with van der Waals surface area (Å²) in [6.07, 6.45) is 10.6. The number of carbonyl (C=O) groups excluding carboxylic acids is 1. The van der Waals surface area contributed by atoms with Crippen LogP contribution < -0.4 is 0 Å². The number of hydrogen-bond acceptors (Lipinski definition) is 5. The number of ketones is 1. The van der Waals surface area contributed by atoms with Crippen molar-refractivity contribution in [2.24, 2.45) is 4.99 Å². The topological polar surface area (TPSA) is 79.1 Å². The van der Waals surface area contributed by atoms with Crippen molar-refractivity contribution in [3.05, 3.63) is 71.0 Å². The Labute approximate surface area is 229 Å². The number of rotatable bonds is 7. The quantitative estimate of drug-likeness (QED) is 0.159. The van der Waals surface area contributed by atoms with Gasteiger partial charge >= 0.3 is 0 Å². The smallest absolute Gasteiger partial charge is 0.191 e. The summed E-state index contributed by atoms with van der Waals surface area (Å²) in [5, 5.41) is 16.2. The first-order chi connectivity index (χ1) is 17.6. The van der Waals surface area contributed by atoms with E-state index in [2.05, 4.69) is 44.5 Å². The first-order valence-electron chi connectivity index (χ1n) is 13.2. The Morgan fingerprint density at radius 2 is 1.71 bits per heavy atom. The molecule has 2 unspecified atom stereocenters. The Morgan fingerprint density at radius 3 is 2.11 bits per heavy atom. The van der Waals surface area contributed by atoms with Crippen molar-refractivity contribution in [1.29, 1.82) is 0 Å². The second kappa shape index (κ2) is 20.5. The molecule has 0 aromatic heterocycles. The van der Waals surface area contributed by atoms with Crippen LogP contribution in [0.5, 0.6) is 0 Å². The van der Waals surface area contributed by atoms with E-state index in [0.717, 1.165) is 41.8 Å². The molecule has 2 N–H and O–H groups in total. The van der Waals surface area contributed by atoms with Crippen molar-refractivity contribution in [2.75, 3.05) is 0 Å². The van der Waals surface area contributed by atoms with Gasteiger partial charge in [-0.05, 0) is 90.2 Å². The summed E-state index contributed by atoms with van der Waals surface area (Å²) in [5.74, 6) is -3.72. The normalized spacial score (nSPS) is 17.5. The predicted molar refractivity (Wildman–Crippen MR) is 154 cm³/mol. The zero-order chi connectivity index (χ0) is 29.9. The number of halogens is 2. The number of unbranched alkanes of at least 4 members (excludes halogenated alkanes) is 1. The molecular weight excluding hydrogens is 488 g/mol. The second-order valence-corrected chi connectivity index (χ2v) is 9.57. The Balaban J connectivity index is 0. The fourth-order valence-corrected chi connectivity index (χ4v) is 3.03. The molecule has 1 aliphatic rings. The van der Waals surface area contributed by atoms with E-state index in [4.69, 9.17) is 14.9 Å². The molecule has 1 heterocycles. The van der Waals surface area contributed by atoms with Crippen molar-refractivity contribution in [3.8, 4) is 0 Å². The summed E-state index contributed by atoms with van der Waals surface area (Å²) in [4.78, 5) is 16.1. The molecule has 2 rings (SSSR count). The zero-order valence-electron chi connectivity index (χ0n) is 24.8. The van der Waals surface area contributed by atoms with Crippen LogP contribution in [0.3, 0.4) is 0 Å². The first-order valence-corrected chi connectivity index (χ1v) is 13.2. The van der Waals surface area contributed by atoms with Gasteiger partial charge < -0.3 is 14.9 Å². The van der Waals surface area contributed by atoms with Crippen LogP contribution in [0.2, 0.25) is 0 Å². The number of aliphatic imine (C=N–C) groups is 1. The molecule has 38 heavy (non-hydrogen) atoms. The summed E-state index contributed by atoms with van der Waals surface area (Å²) in [5.41, 5.74) is 3.42. The lowest BCUT2D eigenvalue weighted by Crippen LogP contribution is -2.21. The third-order valence-electron chi connectivity index (χ3n) is 4.64. The molecule has 5 nitrogen and oxygen atoms in total. The van der Waals surface area contributed by atoms with Crippen molar-refractivity contribution in [1.82, 2.24) is 0 Å². The molecule has 216 valence electrons. The van der Waals surface area contributed by atoms with Crippen molar-refractivity contribution in [3.63, 3.8) is 0 Å². The van der Waals surface area contributed by atoms with Gasteiger partial charge in [-0.3, -0.25) is 9.79 Å². The van der Waals surface area contributed by atoms with E-state index in [1.54, 1.807) is 0 Å². The minimum Gasteiger partial charge on any atom is -0.367 e. The summed E-state index contributed by atoms with van der Waals surface area (Å²) in [7, 11) is 0. The molecule has 0 amide bonds. The maximum atomic E-state index is 12.9. The van der Waals surface area contributed by atoms with Gasteiger partial charge in [-0.2, -0.15) is 0 Å². The lowest BCUT2D eigenvalue weighted by Gasteiger charge is -2.09. The minimum atomic E-state index is -1.50. The summed E-state index contributed by atoms with van der Waals surface area (Å²) in [6, 6.07) is 3.16.